The van der Waals surface area contributed by atoms with Gasteiger partial charge in [-0.2, -0.15) is 5.10 Å². The fourth-order valence-corrected chi connectivity index (χ4v) is 3.33. The van der Waals surface area contributed by atoms with Crippen LogP contribution in [0.4, 0.5) is 4.39 Å². The highest BCUT2D eigenvalue weighted by Crippen LogP contribution is 2.25. The van der Waals surface area contributed by atoms with Gasteiger partial charge in [-0.1, -0.05) is 42.5 Å². The van der Waals surface area contributed by atoms with Crippen LogP contribution in [0.15, 0.2) is 60.8 Å². The van der Waals surface area contributed by atoms with E-state index in [0.717, 1.165) is 12.1 Å². The van der Waals surface area contributed by atoms with Crippen LogP contribution in [0.1, 0.15) is 22.0 Å². The zero-order valence-corrected chi connectivity index (χ0v) is 14.2. The summed E-state index contributed by atoms with van der Waals surface area (Å²) in [6, 6.07) is 16.3. The van der Waals surface area contributed by atoms with E-state index in [4.69, 9.17) is 0 Å². The average Bonchev–Trinajstić information content (AvgIpc) is 3.18. The molecule has 26 heavy (non-hydrogen) atoms. The van der Waals surface area contributed by atoms with Crippen molar-refractivity contribution in [1.29, 1.82) is 0 Å². The molecule has 1 aliphatic heterocycles. The summed E-state index contributed by atoms with van der Waals surface area (Å²) >= 11 is 0. The molecule has 1 fully saturated rings. The van der Waals surface area contributed by atoms with Gasteiger partial charge in [0.1, 0.15) is 5.82 Å². The number of hydrogen-bond acceptors (Lipinski definition) is 3. The normalized spacial score (nSPS) is 17.3. The van der Waals surface area contributed by atoms with E-state index in [0.29, 0.717) is 29.9 Å². The first-order valence-corrected chi connectivity index (χ1v) is 8.59. The molecular formula is C20H19FN4O. The topological polar surface area (TPSA) is 61.0 Å². The maximum atomic E-state index is 13.5. The van der Waals surface area contributed by atoms with E-state index in [1.54, 1.807) is 12.1 Å². The number of hydrogen-bond donors (Lipinski definition) is 2. The lowest BCUT2D eigenvalue weighted by Gasteiger charge is -2.34. The second kappa shape index (κ2) is 7.09. The molecule has 5 nitrogen and oxygen atoms in total. The average molecular weight is 350 g/mol. The number of carbonyl (C=O) groups excluding carboxylic acids is 1. The summed E-state index contributed by atoms with van der Waals surface area (Å²) in [4.78, 5) is 14.9. The van der Waals surface area contributed by atoms with Crippen LogP contribution in [-0.2, 0) is 0 Å². The number of amides is 1. The van der Waals surface area contributed by atoms with Gasteiger partial charge >= 0.3 is 0 Å². The Morgan fingerprint density at radius 2 is 2.00 bits per heavy atom. The minimum atomic E-state index is -0.346. The first-order valence-electron chi connectivity index (χ1n) is 8.59. The molecule has 6 heteroatoms. The summed E-state index contributed by atoms with van der Waals surface area (Å²) in [6.07, 6.45) is 1.52. The summed E-state index contributed by atoms with van der Waals surface area (Å²) in [6.45, 7) is 1.92. The highest BCUT2D eigenvalue weighted by Gasteiger charge is 2.27. The van der Waals surface area contributed by atoms with Gasteiger partial charge in [0.05, 0.1) is 17.5 Å². The molecule has 1 saturated heterocycles. The Balaban J connectivity index is 1.58. The van der Waals surface area contributed by atoms with Gasteiger partial charge in [0.25, 0.3) is 5.91 Å². The third kappa shape index (κ3) is 3.23. The molecule has 0 saturated carbocycles. The Morgan fingerprint density at radius 3 is 2.81 bits per heavy atom. The number of nitrogens with zero attached hydrogens (tertiary/aromatic N) is 2. The van der Waals surface area contributed by atoms with Crippen LogP contribution >= 0.6 is 0 Å². The van der Waals surface area contributed by atoms with Gasteiger partial charge in [0.2, 0.25) is 0 Å². The summed E-state index contributed by atoms with van der Waals surface area (Å²) in [7, 11) is 0. The van der Waals surface area contributed by atoms with Gasteiger partial charge in [-0.25, -0.2) is 4.39 Å². The van der Waals surface area contributed by atoms with Crippen molar-refractivity contribution in [2.75, 3.05) is 19.6 Å². The summed E-state index contributed by atoms with van der Waals surface area (Å²) in [5, 5.41) is 10.3. The molecule has 4 rings (SSSR count). The number of rotatable bonds is 3. The van der Waals surface area contributed by atoms with E-state index in [9.17, 15) is 9.18 Å². The Bertz CT molecular complexity index is 909. The van der Waals surface area contributed by atoms with Crippen molar-refractivity contribution in [2.45, 2.75) is 6.04 Å². The van der Waals surface area contributed by atoms with Crippen molar-refractivity contribution in [2.24, 2.45) is 0 Å². The largest absolute Gasteiger partial charge is 0.335 e. The minimum Gasteiger partial charge on any atom is -0.335 e. The number of aromatic amines is 1. The van der Waals surface area contributed by atoms with Crippen LogP contribution in [0.3, 0.4) is 0 Å². The molecule has 1 atom stereocenters. The number of H-pyrrole nitrogens is 1. The maximum absolute atomic E-state index is 13.5. The molecule has 3 aromatic rings. The van der Waals surface area contributed by atoms with Crippen LogP contribution < -0.4 is 5.32 Å². The van der Waals surface area contributed by atoms with Gasteiger partial charge in [-0.15, -0.1) is 0 Å². The van der Waals surface area contributed by atoms with Gasteiger partial charge in [-0.05, 0) is 17.7 Å². The summed E-state index contributed by atoms with van der Waals surface area (Å²) < 4.78 is 13.5. The number of benzene rings is 2. The Morgan fingerprint density at radius 1 is 1.15 bits per heavy atom. The predicted octanol–water partition coefficient (Wildman–Crippen LogP) is 3.00. The monoisotopic (exact) mass is 350 g/mol. The van der Waals surface area contributed by atoms with E-state index in [-0.39, 0.29) is 17.8 Å². The zero-order chi connectivity index (χ0) is 17.9. The SMILES string of the molecule is O=C(c1cn[nH]c1-c1cccc(F)c1)N1CCN[C@@H](c2ccccc2)C1. The number of piperazine rings is 1. The third-order valence-electron chi connectivity index (χ3n) is 4.65. The van der Waals surface area contributed by atoms with Crippen LogP contribution in [0, 0.1) is 5.82 Å². The van der Waals surface area contributed by atoms with E-state index in [1.165, 1.54) is 18.3 Å². The standard InChI is InChI=1S/C20H19FN4O/c21-16-8-4-7-15(11-16)19-17(12-23-24-19)20(26)25-10-9-22-18(13-25)14-5-2-1-3-6-14/h1-8,11-12,18,22H,9-10,13H2,(H,23,24)/t18-/m1/s1. The summed E-state index contributed by atoms with van der Waals surface area (Å²) in [5.74, 6) is -0.442. The molecule has 132 valence electrons. The number of carbonyl (C=O) groups is 1. The molecule has 1 aliphatic rings. The van der Waals surface area contributed by atoms with Crippen molar-refractivity contribution in [3.63, 3.8) is 0 Å². The van der Waals surface area contributed by atoms with Gasteiger partial charge in [-0.3, -0.25) is 9.89 Å². The maximum Gasteiger partial charge on any atom is 0.257 e. The smallest absolute Gasteiger partial charge is 0.257 e. The van der Waals surface area contributed by atoms with Crippen molar-refractivity contribution in [3.8, 4) is 11.3 Å². The molecule has 0 radical (unpaired) electrons. The van der Waals surface area contributed by atoms with E-state index in [1.807, 2.05) is 23.1 Å². The molecule has 0 unspecified atom stereocenters. The van der Waals surface area contributed by atoms with Crippen LogP contribution in [0.5, 0.6) is 0 Å². The molecule has 2 heterocycles. The van der Waals surface area contributed by atoms with E-state index < -0.39 is 0 Å². The highest BCUT2D eigenvalue weighted by atomic mass is 19.1. The first kappa shape index (κ1) is 16.5. The fourth-order valence-electron chi connectivity index (χ4n) is 3.33. The fraction of sp³-hybridized carbons (Fsp3) is 0.200. The molecule has 2 N–H and O–H groups in total. The predicted molar refractivity (Wildman–Crippen MR) is 97.1 cm³/mol. The first-order chi connectivity index (χ1) is 12.7. The molecule has 1 aromatic heterocycles. The molecule has 0 aliphatic carbocycles. The third-order valence-corrected chi connectivity index (χ3v) is 4.65. The van der Waals surface area contributed by atoms with Crippen molar-refractivity contribution in [3.05, 3.63) is 77.7 Å². The van der Waals surface area contributed by atoms with Crippen LogP contribution in [0.25, 0.3) is 11.3 Å². The van der Waals surface area contributed by atoms with Gasteiger partial charge < -0.3 is 10.2 Å². The Labute approximate surface area is 150 Å². The lowest BCUT2D eigenvalue weighted by atomic mass is 10.0. The Kier molecular flexibility index (Phi) is 4.50. The van der Waals surface area contributed by atoms with Crippen molar-refractivity contribution in [1.82, 2.24) is 20.4 Å². The highest BCUT2D eigenvalue weighted by molar-refractivity contribution is 5.99. The van der Waals surface area contributed by atoms with E-state index >= 15 is 0 Å². The molecule has 0 spiro atoms. The van der Waals surface area contributed by atoms with Gasteiger partial charge in [0, 0.05) is 31.2 Å². The Hall–Kier alpha value is -2.99. The van der Waals surface area contributed by atoms with E-state index in [2.05, 4.69) is 27.6 Å². The summed E-state index contributed by atoms with van der Waals surface area (Å²) in [5.41, 5.74) is 2.77. The quantitative estimate of drug-likeness (QED) is 0.763. The molecular weight excluding hydrogens is 331 g/mol. The second-order valence-corrected chi connectivity index (χ2v) is 6.34. The van der Waals surface area contributed by atoms with Crippen LogP contribution in [0.2, 0.25) is 0 Å². The minimum absolute atomic E-state index is 0.0958. The molecule has 1 amide bonds. The van der Waals surface area contributed by atoms with Crippen LogP contribution in [-0.4, -0.2) is 40.6 Å². The number of nitrogens with one attached hydrogen (secondary N) is 2. The molecule has 0 bridgehead atoms. The van der Waals surface area contributed by atoms with Crippen molar-refractivity contribution < 1.29 is 9.18 Å². The number of halogens is 1. The lowest BCUT2D eigenvalue weighted by Crippen LogP contribution is -2.48. The number of aromatic nitrogens is 2. The molecule has 2 aromatic carbocycles. The zero-order valence-electron chi connectivity index (χ0n) is 14.2. The second-order valence-electron chi connectivity index (χ2n) is 6.34. The lowest BCUT2D eigenvalue weighted by molar-refractivity contribution is 0.0704. The van der Waals surface area contributed by atoms with Gasteiger partial charge in [0.15, 0.2) is 0 Å². The van der Waals surface area contributed by atoms with Crippen molar-refractivity contribution >= 4 is 5.91 Å².